The minimum absolute atomic E-state index is 0. The third kappa shape index (κ3) is 2.29. The number of phenols is 1. The van der Waals surface area contributed by atoms with Crippen LogP contribution in [-0.4, -0.2) is 22.6 Å². The monoisotopic (exact) mass is 290 g/mol. The summed E-state index contributed by atoms with van der Waals surface area (Å²) < 4.78 is 0. The number of rotatable bonds is 1. The van der Waals surface area contributed by atoms with Gasteiger partial charge in [0, 0.05) is 22.3 Å². The first-order valence-corrected chi connectivity index (χ1v) is 5.77. The van der Waals surface area contributed by atoms with E-state index in [4.69, 9.17) is 0 Å². The van der Waals surface area contributed by atoms with Crippen molar-refractivity contribution >= 4 is 17.5 Å². The van der Waals surface area contributed by atoms with Gasteiger partial charge in [-0.1, -0.05) is 24.3 Å². The van der Waals surface area contributed by atoms with E-state index in [0.29, 0.717) is 0 Å². The van der Waals surface area contributed by atoms with Gasteiger partial charge in [-0.05, 0) is 12.1 Å². The minimum Gasteiger partial charge on any atom is -0.545 e. The predicted octanol–water partition coefficient (Wildman–Crippen LogP) is -2.46. The number of carbonyl (C=O) groups excluding carboxylic acids is 3. The molecule has 0 saturated heterocycles. The molecule has 0 bridgehead atoms. The molecule has 0 radical (unpaired) electrons. The van der Waals surface area contributed by atoms with Crippen molar-refractivity contribution in [1.29, 1.82) is 0 Å². The minimum atomic E-state index is -1.53. The number of hydrogen-bond donors (Lipinski definition) is 1. The quantitative estimate of drug-likeness (QED) is 0.501. The molecule has 1 aliphatic rings. The Hall–Kier alpha value is -1.95. The Morgan fingerprint density at radius 1 is 0.952 bits per heavy atom. The van der Waals surface area contributed by atoms with Gasteiger partial charge in [0.15, 0.2) is 11.6 Å². The first-order chi connectivity index (χ1) is 9.50. The second-order valence-electron chi connectivity index (χ2n) is 4.41. The SMILES string of the molecule is O=C([O-])c1cc(O)c2c(c1)C(=O)c1ccccc1C2=O.[Na+]. The van der Waals surface area contributed by atoms with Crippen LogP contribution in [0, 0.1) is 0 Å². The molecule has 0 fully saturated rings. The molecule has 0 heterocycles. The van der Waals surface area contributed by atoms with Crippen LogP contribution in [-0.2, 0) is 0 Å². The van der Waals surface area contributed by atoms with Crippen LogP contribution >= 0.6 is 0 Å². The first-order valence-electron chi connectivity index (χ1n) is 5.77. The van der Waals surface area contributed by atoms with Crippen molar-refractivity contribution in [2.45, 2.75) is 0 Å². The number of aromatic carboxylic acids is 1. The molecule has 0 spiro atoms. The fraction of sp³-hybridized carbons (Fsp3) is 0. The number of phenolic OH excluding ortho intramolecular Hbond substituents is 1. The average molecular weight is 290 g/mol. The van der Waals surface area contributed by atoms with Crippen LogP contribution in [0.3, 0.4) is 0 Å². The van der Waals surface area contributed by atoms with E-state index >= 15 is 0 Å². The van der Waals surface area contributed by atoms with Gasteiger partial charge in [0.25, 0.3) is 0 Å². The van der Waals surface area contributed by atoms with Gasteiger partial charge in [0.05, 0.1) is 11.5 Å². The summed E-state index contributed by atoms with van der Waals surface area (Å²) in [5.74, 6) is -3.05. The van der Waals surface area contributed by atoms with Gasteiger partial charge in [-0.25, -0.2) is 0 Å². The van der Waals surface area contributed by atoms with Gasteiger partial charge in [0.2, 0.25) is 0 Å². The fourth-order valence-electron chi connectivity index (χ4n) is 2.32. The van der Waals surface area contributed by atoms with Gasteiger partial charge >= 0.3 is 29.6 Å². The van der Waals surface area contributed by atoms with E-state index in [1.54, 1.807) is 12.1 Å². The third-order valence-corrected chi connectivity index (χ3v) is 3.24. The summed E-state index contributed by atoms with van der Waals surface area (Å²) in [7, 11) is 0. The number of ketones is 2. The second-order valence-corrected chi connectivity index (χ2v) is 4.41. The predicted molar refractivity (Wildman–Crippen MR) is 65.7 cm³/mol. The number of carbonyl (C=O) groups is 3. The molecule has 1 aliphatic carbocycles. The van der Waals surface area contributed by atoms with Gasteiger partial charge < -0.3 is 15.0 Å². The maximum absolute atomic E-state index is 12.3. The third-order valence-electron chi connectivity index (χ3n) is 3.24. The summed E-state index contributed by atoms with van der Waals surface area (Å²) in [4.78, 5) is 35.4. The molecule has 2 aromatic carbocycles. The number of hydrogen-bond acceptors (Lipinski definition) is 5. The first kappa shape index (κ1) is 15.4. The topological polar surface area (TPSA) is 94.5 Å². The Labute approximate surface area is 141 Å². The fourth-order valence-corrected chi connectivity index (χ4v) is 2.32. The van der Waals surface area contributed by atoms with Crippen molar-refractivity contribution in [3.05, 3.63) is 64.2 Å². The summed E-state index contributed by atoms with van der Waals surface area (Å²) in [5.41, 5.74) is -0.241. The van der Waals surface area contributed by atoms with Crippen LogP contribution in [0.4, 0.5) is 0 Å². The molecular weight excluding hydrogens is 283 g/mol. The molecule has 0 amide bonds. The summed E-state index contributed by atoms with van der Waals surface area (Å²) >= 11 is 0. The Balaban J connectivity index is 0.00000161. The molecule has 0 atom stereocenters. The van der Waals surface area contributed by atoms with Crippen molar-refractivity contribution in [3.8, 4) is 5.75 Å². The Kier molecular flexibility index (Phi) is 4.00. The Morgan fingerprint density at radius 2 is 1.52 bits per heavy atom. The zero-order valence-electron chi connectivity index (χ0n) is 11.0. The van der Waals surface area contributed by atoms with Crippen LogP contribution in [0.25, 0.3) is 0 Å². The van der Waals surface area contributed by atoms with E-state index in [1.807, 2.05) is 0 Å². The molecular formula is C15H7NaO5. The van der Waals surface area contributed by atoms with Crippen molar-refractivity contribution in [3.63, 3.8) is 0 Å². The van der Waals surface area contributed by atoms with Crippen LogP contribution in [0.15, 0.2) is 36.4 Å². The molecule has 5 nitrogen and oxygen atoms in total. The molecule has 6 heteroatoms. The standard InChI is InChI=1S/C15H8O5.Na/c16-11-6-7(15(19)20)5-10-12(11)14(18)9-4-2-1-3-8(9)13(10)17;/h1-6,16H,(H,19,20);/q;+1/p-1. The zero-order valence-corrected chi connectivity index (χ0v) is 13.0. The van der Waals surface area contributed by atoms with Crippen molar-refractivity contribution < 1.29 is 54.2 Å². The van der Waals surface area contributed by atoms with E-state index in [1.165, 1.54) is 12.1 Å². The average Bonchev–Trinajstić information content (AvgIpc) is 2.44. The van der Waals surface area contributed by atoms with Gasteiger partial charge in [-0.15, -0.1) is 0 Å². The molecule has 0 aromatic heterocycles. The molecule has 2 aromatic rings. The van der Waals surface area contributed by atoms with Crippen LogP contribution in [0.1, 0.15) is 42.2 Å². The Bertz CT molecular complexity index is 795. The smallest absolute Gasteiger partial charge is 0.545 e. The normalized spacial score (nSPS) is 12.2. The number of carboxylic acids is 1. The van der Waals surface area contributed by atoms with Crippen molar-refractivity contribution in [1.82, 2.24) is 0 Å². The molecule has 1 N–H and O–H groups in total. The number of fused-ring (bicyclic) bond motifs is 2. The van der Waals surface area contributed by atoms with E-state index < -0.39 is 23.3 Å². The number of carboxylic acid groups (broad SMARTS) is 1. The zero-order chi connectivity index (χ0) is 14.4. The van der Waals surface area contributed by atoms with E-state index in [9.17, 15) is 24.6 Å². The van der Waals surface area contributed by atoms with Crippen molar-refractivity contribution in [2.75, 3.05) is 0 Å². The summed E-state index contributed by atoms with van der Waals surface area (Å²) in [6, 6.07) is 8.17. The van der Waals surface area contributed by atoms with Crippen LogP contribution in [0.2, 0.25) is 0 Å². The summed E-state index contributed by atoms with van der Waals surface area (Å²) in [6.07, 6.45) is 0. The maximum Gasteiger partial charge on any atom is 1.00 e. The van der Waals surface area contributed by atoms with Gasteiger partial charge in [-0.3, -0.25) is 9.59 Å². The molecule has 21 heavy (non-hydrogen) atoms. The number of aromatic hydroxyl groups is 1. The van der Waals surface area contributed by atoms with Crippen molar-refractivity contribution in [2.24, 2.45) is 0 Å². The largest absolute Gasteiger partial charge is 1.00 e. The van der Waals surface area contributed by atoms with Gasteiger partial charge in [-0.2, -0.15) is 0 Å². The van der Waals surface area contributed by atoms with Gasteiger partial charge in [0.1, 0.15) is 5.75 Å². The molecule has 3 rings (SSSR count). The Morgan fingerprint density at radius 3 is 2.10 bits per heavy atom. The van der Waals surface area contributed by atoms with E-state index in [-0.39, 0.29) is 57.4 Å². The second kappa shape index (κ2) is 5.44. The van der Waals surface area contributed by atoms with E-state index in [0.717, 1.165) is 12.1 Å². The van der Waals surface area contributed by atoms with Crippen LogP contribution < -0.4 is 34.7 Å². The maximum atomic E-state index is 12.3. The molecule has 0 saturated carbocycles. The molecule has 98 valence electrons. The summed E-state index contributed by atoms with van der Waals surface area (Å²) in [5, 5.41) is 20.7. The molecule has 0 aliphatic heterocycles. The van der Waals surface area contributed by atoms with E-state index in [2.05, 4.69) is 0 Å². The van der Waals surface area contributed by atoms with Crippen LogP contribution in [0.5, 0.6) is 5.75 Å². The molecule has 0 unspecified atom stereocenters. The number of benzene rings is 2. The summed E-state index contributed by atoms with van der Waals surface area (Å²) in [6.45, 7) is 0.